The summed E-state index contributed by atoms with van der Waals surface area (Å²) in [5, 5.41) is 6.27. The number of rotatable bonds is 3. The van der Waals surface area contributed by atoms with Gasteiger partial charge in [0.15, 0.2) is 5.78 Å². The number of ketones is 1. The van der Waals surface area contributed by atoms with Crippen LogP contribution in [-0.4, -0.2) is 42.0 Å². The van der Waals surface area contributed by atoms with E-state index in [2.05, 4.69) is 5.10 Å². The predicted molar refractivity (Wildman–Crippen MR) is 119 cm³/mol. The Labute approximate surface area is 186 Å². The number of carbonyl (C=O) groups excluding carboxylic acids is 3. The van der Waals surface area contributed by atoms with Gasteiger partial charge in [0.2, 0.25) is 11.8 Å². The van der Waals surface area contributed by atoms with Gasteiger partial charge in [-0.05, 0) is 23.3 Å². The number of amides is 2. The van der Waals surface area contributed by atoms with Gasteiger partial charge in [0.05, 0.1) is 36.9 Å². The molecule has 7 nitrogen and oxygen atoms in total. The topological polar surface area (TPSA) is 79.3 Å². The van der Waals surface area contributed by atoms with Gasteiger partial charge >= 0.3 is 0 Å². The van der Waals surface area contributed by atoms with Gasteiger partial charge in [-0.15, -0.1) is 0 Å². The number of methoxy groups -OCH3 is 1. The standard InChI is InChI=1S/C25H25N3O4/c1-25(2,3)22(29)21-19-18(20-15-10-6-5-9-14(15)13-26-28(20)21)23(30)27(24(19)31)16-11-7-8-12-17(16)32-4/h5-13,18-21H,1-4H3. The van der Waals surface area contributed by atoms with Gasteiger partial charge in [0, 0.05) is 5.41 Å². The first kappa shape index (κ1) is 20.4. The average Bonchev–Trinajstić information content (AvgIpc) is 3.25. The first-order chi connectivity index (χ1) is 15.3. The van der Waals surface area contributed by atoms with Gasteiger partial charge in [-0.1, -0.05) is 57.2 Å². The largest absolute Gasteiger partial charge is 0.495 e. The maximum absolute atomic E-state index is 13.8. The van der Waals surface area contributed by atoms with Crippen LogP contribution in [0.1, 0.15) is 37.9 Å². The fourth-order valence-corrected chi connectivity index (χ4v) is 5.16. The minimum Gasteiger partial charge on any atom is -0.495 e. The van der Waals surface area contributed by atoms with E-state index in [1.54, 1.807) is 35.5 Å². The van der Waals surface area contributed by atoms with Crippen LogP contribution in [0.15, 0.2) is 53.6 Å². The summed E-state index contributed by atoms with van der Waals surface area (Å²) in [6.07, 6.45) is 1.71. The van der Waals surface area contributed by atoms with E-state index in [1.807, 2.05) is 45.0 Å². The van der Waals surface area contributed by atoms with Gasteiger partial charge in [0.1, 0.15) is 11.8 Å². The van der Waals surface area contributed by atoms with Crippen LogP contribution in [0, 0.1) is 17.3 Å². The van der Waals surface area contributed by atoms with E-state index in [4.69, 9.17) is 4.74 Å². The summed E-state index contributed by atoms with van der Waals surface area (Å²) in [6, 6.07) is 13.4. The van der Waals surface area contributed by atoms with E-state index < -0.39 is 29.3 Å². The molecule has 0 aliphatic carbocycles. The summed E-state index contributed by atoms with van der Waals surface area (Å²) >= 11 is 0. The highest BCUT2D eigenvalue weighted by Crippen LogP contribution is 2.54. The molecule has 3 aliphatic rings. The van der Waals surface area contributed by atoms with Crippen molar-refractivity contribution in [2.45, 2.75) is 32.9 Å². The monoisotopic (exact) mass is 431 g/mol. The van der Waals surface area contributed by atoms with Crippen molar-refractivity contribution in [2.75, 3.05) is 12.0 Å². The van der Waals surface area contributed by atoms with E-state index >= 15 is 0 Å². The average molecular weight is 431 g/mol. The third-order valence-corrected chi connectivity index (χ3v) is 6.63. The molecule has 0 N–H and O–H groups in total. The number of hydrogen-bond acceptors (Lipinski definition) is 6. The van der Waals surface area contributed by atoms with E-state index in [-0.39, 0.29) is 17.6 Å². The highest BCUT2D eigenvalue weighted by Gasteiger charge is 2.66. The Kier molecular flexibility index (Phi) is 4.48. The molecule has 0 saturated carbocycles. The maximum atomic E-state index is 13.8. The third kappa shape index (κ3) is 2.73. The number of hydrazone groups is 1. The number of hydrogen-bond donors (Lipinski definition) is 0. The van der Waals surface area contributed by atoms with Crippen molar-refractivity contribution >= 4 is 29.5 Å². The zero-order valence-electron chi connectivity index (χ0n) is 18.5. The fourth-order valence-electron chi connectivity index (χ4n) is 5.16. The molecule has 2 aromatic rings. The molecule has 0 bridgehead atoms. The quantitative estimate of drug-likeness (QED) is 0.698. The number of imide groups is 1. The molecule has 3 aliphatic heterocycles. The highest BCUT2D eigenvalue weighted by atomic mass is 16.5. The van der Waals surface area contributed by atoms with E-state index in [0.717, 1.165) is 11.1 Å². The zero-order valence-corrected chi connectivity index (χ0v) is 18.5. The summed E-state index contributed by atoms with van der Waals surface area (Å²) in [6.45, 7) is 5.50. The number of nitrogens with zero attached hydrogens (tertiary/aromatic N) is 3. The van der Waals surface area contributed by atoms with Crippen LogP contribution in [0.3, 0.4) is 0 Å². The van der Waals surface area contributed by atoms with E-state index in [1.165, 1.54) is 12.0 Å². The molecular formula is C25H25N3O4. The van der Waals surface area contributed by atoms with Crippen LogP contribution < -0.4 is 9.64 Å². The number of benzene rings is 2. The molecule has 5 rings (SSSR count). The molecule has 0 radical (unpaired) electrons. The Hall–Kier alpha value is -3.48. The van der Waals surface area contributed by atoms with Crippen LogP contribution in [-0.2, 0) is 14.4 Å². The van der Waals surface area contributed by atoms with Crippen molar-refractivity contribution in [1.82, 2.24) is 5.01 Å². The lowest BCUT2D eigenvalue weighted by molar-refractivity contribution is -0.136. The van der Waals surface area contributed by atoms with Crippen molar-refractivity contribution in [3.8, 4) is 5.75 Å². The van der Waals surface area contributed by atoms with Crippen LogP contribution >= 0.6 is 0 Å². The van der Waals surface area contributed by atoms with Crippen molar-refractivity contribution in [3.05, 3.63) is 59.7 Å². The molecule has 164 valence electrons. The second-order valence-corrected chi connectivity index (χ2v) is 9.49. The van der Waals surface area contributed by atoms with Crippen LogP contribution in [0.4, 0.5) is 5.69 Å². The number of anilines is 1. The fraction of sp³-hybridized carbons (Fsp3) is 0.360. The number of fused-ring (bicyclic) bond motifs is 5. The molecule has 2 saturated heterocycles. The van der Waals surface area contributed by atoms with Crippen molar-refractivity contribution < 1.29 is 19.1 Å². The summed E-state index contributed by atoms with van der Waals surface area (Å²) < 4.78 is 5.42. The lowest BCUT2D eigenvalue weighted by atomic mass is 9.79. The molecule has 4 atom stereocenters. The highest BCUT2D eigenvalue weighted by molar-refractivity contribution is 6.24. The Morgan fingerprint density at radius 3 is 2.34 bits per heavy atom. The summed E-state index contributed by atoms with van der Waals surface area (Å²) in [5.74, 6) is -1.89. The Morgan fingerprint density at radius 1 is 0.969 bits per heavy atom. The molecule has 3 heterocycles. The normalized spacial score (nSPS) is 26.1. The second-order valence-electron chi connectivity index (χ2n) is 9.49. The molecule has 2 amide bonds. The number of ether oxygens (including phenoxy) is 1. The minimum atomic E-state index is -0.814. The molecule has 0 spiro atoms. The van der Waals surface area contributed by atoms with Gasteiger partial charge in [-0.25, -0.2) is 4.90 Å². The molecule has 2 fully saturated rings. The first-order valence-electron chi connectivity index (χ1n) is 10.7. The lowest BCUT2D eigenvalue weighted by Crippen LogP contribution is -2.48. The van der Waals surface area contributed by atoms with E-state index in [0.29, 0.717) is 11.4 Å². The van der Waals surface area contributed by atoms with Crippen LogP contribution in [0.5, 0.6) is 5.75 Å². The molecule has 7 heteroatoms. The second kappa shape index (κ2) is 7.02. The molecule has 32 heavy (non-hydrogen) atoms. The van der Waals surface area contributed by atoms with Gasteiger partial charge in [-0.3, -0.25) is 19.4 Å². The predicted octanol–water partition coefficient (Wildman–Crippen LogP) is 3.19. The molecule has 2 aromatic carbocycles. The minimum absolute atomic E-state index is 0.102. The number of Topliss-reactive ketones (excluding diaryl/α,β-unsaturated/α-hetero) is 1. The van der Waals surface area contributed by atoms with Crippen LogP contribution in [0.25, 0.3) is 0 Å². The maximum Gasteiger partial charge on any atom is 0.240 e. The van der Waals surface area contributed by atoms with Gasteiger partial charge in [0.25, 0.3) is 0 Å². The van der Waals surface area contributed by atoms with Gasteiger partial charge < -0.3 is 4.74 Å². The molecule has 4 unspecified atom stereocenters. The van der Waals surface area contributed by atoms with Crippen molar-refractivity contribution in [1.29, 1.82) is 0 Å². The number of para-hydroxylation sites is 2. The van der Waals surface area contributed by atoms with Crippen molar-refractivity contribution in [2.24, 2.45) is 22.4 Å². The lowest BCUT2D eigenvalue weighted by Gasteiger charge is -2.35. The Morgan fingerprint density at radius 2 is 1.62 bits per heavy atom. The Bertz CT molecular complexity index is 1170. The summed E-state index contributed by atoms with van der Waals surface area (Å²) in [5.41, 5.74) is 1.51. The van der Waals surface area contributed by atoms with Crippen molar-refractivity contribution in [3.63, 3.8) is 0 Å². The van der Waals surface area contributed by atoms with Gasteiger partial charge in [-0.2, -0.15) is 5.10 Å². The number of carbonyl (C=O) groups is 3. The third-order valence-electron chi connectivity index (χ3n) is 6.63. The molecular weight excluding hydrogens is 406 g/mol. The summed E-state index contributed by atoms with van der Waals surface area (Å²) in [7, 11) is 1.50. The zero-order chi connectivity index (χ0) is 22.8. The summed E-state index contributed by atoms with van der Waals surface area (Å²) in [4.78, 5) is 42.4. The molecule has 0 aromatic heterocycles. The SMILES string of the molecule is COc1ccccc1N1C(=O)C2C(C1=O)C1c3ccccc3C=NN1C2C(=O)C(C)(C)C. The first-order valence-corrected chi connectivity index (χ1v) is 10.7. The van der Waals surface area contributed by atoms with E-state index in [9.17, 15) is 14.4 Å². The van der Waals surface area contributed by atoms with Crippen LogP contribution in [0.2, 0.25) is 0 Å². The smallest absolute Gasteiger partial charge is 0.240 e. The Balaban J connectivity index is 1.68.